The van der Waals surface area contributed by atoms with Gasteiger partial charge in [-0.1, -0.05) is 29.5 Å². The molecule has 0 bridgehead atoms. The van der Waals surface area contributed by atoms with Crippen molar-refractivity contribution >= 4 is 0 Å². The summed E-state index contributed by atoms with van der Waals surface area (Å²) in [4.78, 5) is 0. The SMILES string of the molecule is Cc1ccccc1-c1c(C#N)nnn1CCO. The summed E-state index contributed by atoms with van der Waals surface area (Å²) in [7, 11) is 0. The Bertz CT molecular complexity index is 568. The van der Waals surface area contributed by atoms with Gasteiger partial charge in [0.15, 0.2) is 5.69 Å². The predicted octanol–water partition coefficient (Wildman–Crippen LogP) is 1.12. The normalized spacial score (nSPS) is 10.2. The van der Waals surface area contributed by atoms with Crippen molar-refractivity contribution in [3.05, 3.63) is 35.5 Å². The molecule has 0 aliphatic heterocycles. The summed E-state index contributed by atoms with van der Waals surface area (Å²) >= 11 is 0. The van der Waals surface area contributed by atoms with Gasteiger partial charge >= 0.3 is 0 Å². The zero-order valence-electron chi connectivity index (χ0n) is 9.46. The molecular formula is C12H12N4O. The fourth-order valence-corrected chi connectivity index (χ4v) is 1.74. The number of rotatable bonds is 3. The van der Waals surface area contributed by atoms with Gasteiger partial charge in [0.2, 0.25) is 0 Å². The van der Waals surface area contributed by atoms with Crippen LogP contribution in [0, 0.1) is 18.3 Å². The number of benzene rings is 1. The number of aliphatic hydroxyl groups is 1. The minimum atomic E-state index is -0.0346. The number of hydrogen-bond acceptors (Lipinski definition) is 4. The number of hydrogen-bond donors (Lipinski definition) is 1. The topological polar surface area (TPSA) is 74.7 Å². The van der Waals surface area contributed by atoms with E-state index in [1.807, 2.05) is 37.3 Å². The van der Waals surface area contributed by atoms with Crippen LogP contribution in [-0.4, -0.2) is 26.7 Å². The van der Waals surface area contributed by atoms with E-state index in [2.05, 4.69) is 10.3 Å². The third-order valence-corrected chi connectivity index (χ3v) is 2.55. The summed E-state index contributed by atoms with van der Waals surface area (Å²) in [6.07, 6.45) is 0. The fourth-order valence-electron chi connectivity index (χ4n) is 1.74. The van der Waals surface area contributed by atoms with Crippen LogP contribution in [0.3, 0.4) is 0 Å². The van der Waals surface area contributed by atoms with Gasteiger partial charge in [-0.15, -0.1) is 5.10 Å². The van der Waals surface area contributed by atoms with Crippen molar-refractivity contribution in [3.8, 4) is 17.3 Å². The Balaban J connectivity index is 2.61. The summed E-state index contributed by atoms with van der Waals surface area (Å²) < 4.78 is 1.56. The van der Waals surface area contributed by atoms with Gasteiger partial charge in [-0.05, 0) is 12.5 Å². The third kappa shape index (κ3) is 2.03. The van der Waals surface area contributed by atoms with Crippen molar-refractivity contribution in [2.24, 2.45) is 0 Å². The highest BCUT2D eigenvalue weighted by molar-refractivity contribution is 5.68. The minimum absolute atomic E-state index is 0.0346. The molecule has 1 N–H and O–H groups in total. The first kappa shape index (κ1) is 11.3. The van der Waals surface area contributed by atoms with E-state index >= 15 is 0 Å². The van der Waals surface area contributed by atoms with E-state index in [9.17, 15) is 0 Å². The quantitative estimate of drug-likeness (QED) is 0.854. The molecule has 1 aromatic carbocycles. The van der Waals surface area contributed by atoms with E-state index in [0.717, 1.165) is 11.1 Å². The summed E-state index contributed by atoms with van der Waals surface area (Å²) in [5.41, 5.74) is 2.92. The predicted molar refractivity (Wildman–Crippen MR) is 62.0 cm³/mol. The van der Waals surface area contributed by atoms with Gasteiger partial charge in [-0.3, -0.25) is 0 Å². The fraction of sp³-hybridized carbons (Fsp3) is 0.250. The molecule has 1 aromatic heterocycles. The van der Waals surface area contributed by atoms with Crippen LogP contribution in [0.4, 0.5) is 0 Å². The molecule has 0 amide bonds. The maximum Gasteiger partial charge on any atom is 0.190 e. The van der Waals surface area contributed by atoms with E-state index < -0.39 is 0 Å². The Morgan fingerprint density at radius 1 is 1.41 bits per heavy atom. The second-order valence-electron chi connectivity index (χ2n) is 3.66. The molecule has 2 rings (SSSR count). The molecule has 0 saturated heterocycles. The first-order valence-electron chi connectivity index (χ1n) is 5.28. The number of aliphatic hydroxyl groups excluding tert-OH is 1. The van der Waals surface area contributed by atoms with Crippen molar-refractivity contribution in [2.45, 2.75) is 13.5 Å². The number of aryl methyl sites for hydroxylation is 1. The Hall–Kier alpha value is -2.19. The smallest absolute Gasteiger partial charge is 0.190 e. The molecule has 0 aliphatic carbocycles. The molecule has 0 fully saturated rings. The second-order valence-corrected chi connectivity index (χ2v) is 3.66. The van der Waals surface area contributed by atoms with Crippen LogP contribution >= 0.6 is 0 Å². The third-order valence-electron chi connectivity index (χ3n) is 2.55. The van der Waals surface area contributed by atoms with Crippen LogP contribution in [0.1, 0.15) is 11.3 Å². The molecule has 0 saturated carbocycles. The van der Waals surface area contributed by atoms with Gasteiger partial charge in [0.1, 0.15) is 11.8 Å². The lowest BCUT2D eigenvalue weighted by molar-refractivity contribution is 0.269. The van der Waals surface area contributed by atoms with Gasteiger partial charge in [-0.2, -0.15) is 5.26 Å². The molecule has 5 nitrogen and oxygen atoms in total. The highest BCUT2D eigenvalue weighted by Crippen LogP contribution is 2.24. The van der Waals surface area contributed by atoms with Gasteiger partial charge in [0.25, 0.3) is 0 Å². The van der Waals surface area contributed by atoms with Crippen molar-refractivity contribution in [3.63, 3.8) is 0 Å². The standard InChI is InChI=1S/C12H12N4O/c1-9-4-2-3-5-10(9)12-11(8-13)14-15-16(12)6-7-17/h2-5,17H,6-7H2,1H3. The first-order valence-corrected chi connectivity index (χ1v) is 5.28. The number of aromatic nitrogens is 3. The van der Waals surface area contributed by atoms with Gasteiger partial charge in [-0.25, -0.2) is 4.68 Å². The summed E-state index contributed by atoms with van der Waals surface area (Å²) in [6.45, 7) is 2.26. The largest absolute Gasteiger partial charge is 0.394 e. The van der Waals surface area contributed by atoms with Crippen LogP contribution in [-0.2, 0) is 6.54 Å². The number of nitrogens with zero attached hydrogens (tertiary/aromatic N) is 4. The zero-order valence-corrected chi connectivity index (χ0v) is 9.46. The summed E-state index contributed by atoms with van der Waals surface area (Å²) in [5, 5.41) is 25.7. The van der Waals surface area contributed by atoms with Crippen molar-refractivity contribution in [2.75, 3.05) is 6.61 Å². The van der Waals surface area contributed by atoms with Crippen molar-refractivity contribution in [1.82, 2.24) is 15.0 Å². The summed E-state index contributed by atoms with van der Waals surface area (Å²) in [5.74, 6) is 0. The maximum atomic E-state index is 9.02. The Morgan fingerprint density at radius 2 is 2.18 bits per heavy atom. The van der Waals surface area contributed by atoms with Crippen LogP contribution in [0.5, 0.6) is 0 Å². The van der Waals surface area contributed by atoms with Gasteiger partial charge in [0, 0.05) is 5.56 Å². The van der Waals surface area contributed by atoms with Crippen molar-refractivity contribution < 1.29 is 5.11 Å². The molecule has 1 heterocycles. The second kappa shape index (κ2) is 4.76. The zero-order chi connectivity index (χ0) is 12.3. The van der Waals surface area contributed by atoms with E-state index in [-0.39, 0.29) is 12.3 Å². The molecule has 5 heteroatoms. The van der Waals surface area contributed by atoms with Crippen LogP contribution < -0.4 is 0 Å². The van der Waals surface area contributed by atoms with E-state index in [1.54, 1.807) is 4.68 Å². The highest BCUT2D eigenvalue weighted by Gasteiger charge is 2.15. The maximum absolute atomic E-state index is 9.02. The van der Waals surface area contributed by atoms with Crippen LogP contribution in [0.25, 0.3) is 11.3 Å². The summed E-state index contributed by atoms with van der Waals surface area (Å²) in [6, 6.07) is 9.75. The Kier molecular flexibility index (Phi) is 3.17. The van der Waals surface area contributed by atoms with Crippen LogP contribution in [0.2, 0.25) is 0 Å². The molecule has 2 aromatic rings. The lowest BCUT2D eigenvalue weighted by Gasteiger charge is -2.07. The minimum Gasteiger partial charge on any atom is -0.394 e. The number of nitriles is 1. The molecule has 17 heavy (non-hydrogen) atoms. The van der Waals surface area contributed by atoms with Crippen molar-refractivity contribution in [1.29, 1.82) is 5.26 Å². The van der Waals surface area contributed by atoms with Crippen LogP contribution in [0.15, 0.2) is 24.3 Å². The lowest BCUT2D eigenvalue weighted by Crippen LogP contribution is -2.06. The molecule has 0 atom stereocenters. The average molecular weight is 228 g/mol. The Morgan fingerprint density at radius 3 is 2.82 bits per heavy atom. The lowest BCUT2D eigenvalue weighted by atomic mass is 10.0. The molecule has 0 aliphatic rings. The molecule has 0 unspecified atom stereocenters. The monoisotopic (exact) mass is 228 g/mol. The highest BCUT2D eigenvalue weighted by atomic mass is 16.3. The molecular weight excluding hydrogens is 216 g/mol. The van der Waals surface area contributed by atoms with E-state index in [0.29, 0.717) is 12.2 Å². The average Bonchev–Trinajstić information content (AvgIpc) is 2.73. The van der Waals surface area contributed by atoms with Gasteiger partial charge < -0.3 is 5.11 Å². The Labute approximate surface area is 98.9 Å². The molecule has 86 valence electrons. The van der Waals surface area contributed by atoms with E-state index in [4.69, 9.17) is 10.4 Å². The first-order chi connectivity index (χ1) is 8.27. The molecule has 0 radical (unpaired) electrons. The van der Waals surface area contributed by atoms with Gasteiger partial charge in [0.05, 0.1) is 13.2 Å². The molecule has 0 spiro atoms. The van der Waals surface area contributed by atoms with E-state index in [1.165, 1.54) is 0 Å².